The molecule has 0 radical (unpaired) electrons. The Labute approximate surface area is 125 Å². The van der Waals surface area contributed by atoms with E-state index in [-0.39, 0.29) is 5.41 Å². The van der Waals surface area contributed by atoms with Gasteiger partial charge in [-0.2, -0.15) is 0 Å². The van der Waals surface area contributed by atoms with Crippen molar-refractivity contribution in [3.05, 3.63) is 53.6 Å². The summed E-state index contributed by atoms with van der Waals surface area (Å²) in [7, 11) is 0. The molecule has 0 saturated carbocycles. The monoisotopic (exact) mass is 283 g/mol. The molecular formula is C17H21N3O. The Kier molecular flexibility index (Phi) is 3.89. The van der Waals surface area contributed by atoms with Crippen LogP contribution in [0.3, 0.4) is 0 Å². The lowest BCUT2D eigenvalue weighted by Gasteiger charge is -2.19. The molecule has 4 nitrogen and oxygen atoms in total. The van der Waals surface area contributed by atoms with Crippen molar-refractivity contribution in [3.8, 4) is 0 Å². The molecule has 0 bridgehead atoms. The minimum atomic E-state index is -0.528. The third-order valence-electron chi connectivity index (χ3n) is 3.40. The zero-order valence-electron chi connectivity index (χ0n) is 12.6. The van der Waals surface area contributed by atoms with Gasteiger partial charge in [-0.05, 0) is 35.2 Å². The van der Waals surface area contributed by atoms with Crippen LogP contribution in [0.15, 0.2) is 42.5 Å². The number of hydrogen-bond acceptors (Lipinski definition) is 3. The van der Waals surface area contributed by atoms with E-state index in [4.69, 9.17) is 11.5 Å². The second kappa shape index (κ2) is 5.48. The van der Waals surface area contributed by atoms with E-state index in [0.29, 0.717) is 16.9 Å². The Morgan fingerprint density at radius 2 is 1.67 bits per heavy atom. The third kappa shape index (κ3) is 3.34. The molecule has 0 atom stereocenters. The largest absolute Gasteiger partial charge is 0.396 e. The maximum Gasteiger partial charge on any atom is 0.250 e. The number of hydrogen-bond donors (Lipinski definition) is 3. The van der Waals surface area contributed by atoms with Crippen LogP contribution in [0.4, 0.5) is 17.1 Å². The van der Waals surface area contributed by atoms with E-state index < -0.39 is 5.91 Å². The molecule has 0 heterocycles. The number of nitrogen functional groups attached to an aromatic ring is 1. The van der Waals surface area contributed by atoms with Crippen LogP contribution in [0, 0.1) is 0 Å². The lowest BCUT2D eigenvalue weighted by Crippen LogP contribution is -2.14. The van der Waals surface area contributed by atoms with Crippen molar-refractivity contribution in [1.82, 2.24) is 0 Å². The number of para-hydroxylation sites is 1. The van der Waals surface area contributed by atoms with Gasteiger partial charge in [-0.15, -0.1) is 0 Å². The van der Waals surface area contributed by atoms with Crippen LogP contribution in [0.1, 0.15) is 36.7 Å². The summed E-state index contributed by atoms with van der Waals surface area (Å²) in [6.07, 6.45) is 0. The molecule has 21 heavy (non-hydrogen) atoms. The topological polar surface area (TPSA) is 81.1 Å². The highest BCUT2D eigenvalue weighted by atomic mass is 16.1. The second-order valence-electron chi connectivity index (χ2n) is 6.08. The summed E-state index contributed by atoms with van der Waals surface area (Å²) in [6, 6.07) is 13.3. The zero-order valence-corrected chi connectivity index (χ0v) is 12.6. The van der Waals surface area contributed by atoms with E-state index in [1.807, 2.05) is 18.2 Å². The summed E-state index contributed by atoms with van der Waals surface area (Å²) in [5.41, 5.74) is 14.9. The van der Waals surface area contributed by atoms with Crippen LogP contribution in [-0.4, -0.2) is 5.91 Å². The normalized spacial score (nSPS) is 11.2. The third-order valence-corrected chi connectivity index (χ3v) is 3.40. The fraction of sp³-hybridized carbons (Fsp3) is 0.235. The summed E-state index contributed by atoms with van der Waals surface area (Å²) in [6.45, 7) is 6.51. The van der Waals surface area contributed by atoms with Gasteiger partial charge in [0.05, 0.1) is 16.9 Å². The first-order chi connectivity index (χ1) is 9.79. The highest BCUT2D eigenvalue weighted by Crippen LogP contribution is 2.28. The number of amides is 1. The van der Waals surface area contributed by atoms with Crippen LogP contribution in [0.25, 0.3) is 0 Å². The van der Waals surface area contributed by atoms with Crippen molar-refractivity contribution in [2.45, 2.75) is 26.2 Å². The molecule has 0 fully saturated rings. The first kappa shape index (κ1) is 14.9. The number of benzene rings is 2. The van der Waals surface area contributed by atoms with E-state index in [0.717, 1.165) is 5.69 Å². The molecule has 0 unspecified atom stereocenters. The highest BCUT2D eigenvalue weighted by molar-refractivity contribution is 6.01. The summed E-state index contributed by atoms with van der Waals surface area (Å²) in [5.74, 6) is -0.528. The van der Waals surface area contributed by atoms with E-state index >= 15 is 0 Å². The van der Waals surface area contributed by atoms with Crippen molar-refractivity contribution >= 4 is 23.0 Å². The minimum Gasteiger partial charge on any atom is -0.396 e. The van der Waals surface area contributed by atoms with Gasteiger partial charge < -0.3 is 16.8 Å². The van der Waals surface area contributed by atoms with Gasteiger partial charge in [-0.3, -0.25) is 4.79 Å². The molecule has 0 aliphatic carbocycles. The number of anilines is 3. The molecule has 0 saturated heterocycles. The van der Waals surface area contributed by atoms with E-state index in [9.17, 15) is 4.79 Å². The van der Waals surface area contributed by atoms with Crippen molar-refractivity contribution < 1.29 is 4.79 Å². The number of primary amides is 1. The van der Waals surface area contributed by atoms with Gasteiger partial charge in [0.25, 0.3) is 5.91 Å². The molecular weight excluding hydrogens is 262 g/mol. The standard InChI is InChI=1S/C17H21N3O/c1-17(2,3)11-7-9-12(10-8-11)20-14-6-4-5-13(15(14)18)16(19)21/h4-10,20H,18H2,1-3H3,(H2,19,21). The molecule has 4 heteroatoms. The molecule has 0 aromatic heterocycles. The van der Waals surface area contributed by atoms with Gasteiger partial charge in [0.1, 0.15) is 0 Å². The quantitative estimate of drug-likeness (QED) is 0.755. The first-order valence-electron chi connectivity index (χ1n) is 6.85. The van der Waals surface area contributed by atoms with Gasteiger partial charge in [0.2, 0.25) is 0 Å². The Morgan fingerprint density at radius 1 is 1.05 bits per heavy atom. The van der Waals surface area contributed by atoms with Gasteiger partial charge in [0, 0.05) is 5.69 Å². The van der Waals surface area contributed by atoms with Gasteiger partial charge in [-0.1, -0.05) is 39.0 Å². The molecule has 0 aliphatic rings. The van der Waals surface area contributed by atoms with E-state index in [1.165, 1.54) is 5.56 Å². The zero-order chi connectivity index (χ0) is 15.6. The lowest BCUT2D eigenvalue weighted by atomic mass is 9.87. The smallest absolute Gasteiger partial charge is 0.250 e. The van der Waals surface area contributed by atoms with Gasteiger partial charge in [-0.25, -0.2) is 0 Å². The van der Waals surface area contributed by atoms with E-state index in [1.54, 1.807) is 12.1 Å². The summed E-state index contributed by atoms with van der Waals surface area (Å²) in [4.78, 5) is 11.3. The SMILES string of the molecule is CC(C)(C)c1ccc(Nc2cccc(C(N)=O)c2N)cc1. The minimum absolute atomic E-state index is 0.115. The van der Waals surface area contributed by atoms with Gasteiger partial charge in [0.15, 0.2) is 0 Å². The molecule has 2 aromatic carbocycles. The van der Waals surface area contributed by atoms with Crippen molar-refractivity contribution in [2.75, 3.05) is 11.1 Å². The van der Waals surface area contributed by atoms with Crippen LogP contribution < -0.4 is 16.8 Å². The maximum absolute atomic E-state index is 11.3. The second-order valence-corrected chi connectivity index (χ2v) is 6.08. The first-order valence-corrected chi connectivity index (χ1v) is 6.85. The summed E-state index contributed by atoms with van der Waals surface area (Å²) < 4.78 is 0. The Hall–Kier alpha value is -2.49. The number of carbonyl (C=O) groups excluding carboxylic acids is 1. The van der Waals surface area contributed by atoms with Crippen molar-refractivity contribution in [3.63, 3.8) is 0 Å². The molecule has 5 N–H and O–H groups in total. The summed E-state index contributed by atoms with van der Waals surface area (Å²) in [5, 5.41) is 3.21. The average molecular weight is 283 g/mol. The average Bonchev–Trinajstić information content (AvgIpc) is 2.40. The van der Waals surface area contributed by atoms with Crippen LogP contribution in [0.2, 0.25) is 0 Å². The Bertz CT molecular complexity index is 655. The Balaban J connectivity index is 2.27. The fourth-order valence-electron chi connectivity index (χ4n) is 2.10. The van der Waals surface area contributed by atoms with Crippen LogP contribution in [0.5, 0.6) is 0 Å². The molecule has 0 spiro atoms. The van der Waals surface area contributed by atoms with E-state index in [2.05, 4.69) is 38.2 Å². The lowest BCUT2D eigenvalue weighted by molar-refractivity contribution is 0.100. The number of nitrogens with two attached hydrogens (primary N) is 2. The predicted octanol–water partition coefficient (Wildman–Crippen LogP) is 3.41. The molecule has 2 rings (SSSR count). The molecule has 2 aromatic rings. The predicted molar refractivity (Wildman–Crippen MR) is 87.8 cm³/mol. The number of carbonyl (C=O) groups is 1. The van der Waals surface area contributed by atoms with Crippen LogP contribution >= 0.6 is 0 Å². The number of nitrogens with one attached hydrogen (secondary N) is 1. The fourth-order valence-corrected chi connectivity index (χ4v) is 2.10. The molecule has 0 aliphatic heterocycles. The van der Waals surface area contributed by atoms with Crippen molar-refractivity contribution in [2.24, 2.45) is 5.73 Å². The van der Waals surface area contributed by atoms with Crippen LogP contribution in [-0.2, 0) is 5.41 Å². The molecule has 1 amide bonds. The summed E-state index contributed by atoms with van der Waals surface area (Å²) >= 11 is 0. The van der Waals surface area contributed by atoms with Crippen molar-refractivity contribution in [1.29, 1.82) is 0 Å². The molecule has 110 valence electrons. The maximum atomic E-state index is 11.3. The highest BCUT2D eigenvalue weighted by Gasteiger charge is 2.13. The number of rotatable bonds is 3. The Morgan fingerprint density at radius 3 is 2.19 bits per heavy atom. The van der Waals surface area contributed by atoms with Gasteiger partial charge >= 0.3 is 0 Å².